The largest absolute Gasteiger partial charge is 0.332 e. The monoisotopic (exact) mass is 230 g/mol. The standard InChI is InChI=1S/C7H6N2O3S2/c10-14(11,12)13-7-8-5-3-1-2-4-6(5)9-7/h1-4H,(H,8,9)(H,10,11,12). The maximum absolute atomic E-state index is 10.5. The van der Waals surface area contributed by atoms with Crippen molar-refractivity contribution in [3.05, 3.63) is 24.3 Å². The number of hydrogen-bond acceptors (Lipinski definition) is 4. The lowest BCUT2D eigenvalue weighted by Gasteiger charge is -1.88. The Bertz CT molecular complexity index is 528. The number of H-pyrrole nitrogens is 1. The van der Waals surface area contributed by atoms with Crippen LogP contribution in [-0.4, -0.2) is 22.9 Å². The lowest BCUT2D eigenvalue weighted by molar-refractivity contribution is 0.503. The molecule has 0 aliphatic rings. The van der Waals surface area contributed by atoms with Gasteiger partial charge >= 0.3 is 9.15 Å². The molecule has 0 radical (unpaired) electrons. The van der Waals surface area contributed by atoms with Gasteiger partial charge in [0.1, 0.15) is 0 Å². The van der Waals surface area contributed by atoms with Crippen LogP contribution in [0.4, 0.5) is 0 Å². The van der Waals surface area contributed by atoms with Crippen LogP contribution in [0, 0.1) is 0 Å². The topological polar surface area (TPSA) is 83.1 Å². The van der Waals surface area contributed by atoms with E-state index in [1.54, 1.807) is 18.2 Å². The Morgan fingerprint density at radius 1 is 1.36 bits per heavy atom. The molecule has 0 saturated heterocycles. The summed E-state index contributed by atoms with van der Waals surface area (Å²) in [4.78, 5) is 6.73. The van der Waals surface area contributed by atoms with Crippen molar-refractivity contribution < 1.29 is 13.0 Å². The van der Waals surface area contributed by atoms with Gasteiger partial charge in [-0.3, -0.25) is 4.55 Å². The molecule has 14 heavy (non-hydrogen) atoms. The first-order valence-corrected chi connectivity index (χ1v) is 6.43. The predicted octanol–water partition coefficient (Wildman–Crippen LogP) is 1.46. The number of nitrogens with zero attached hydrogens (tertiary/aromatic N) is 1. The average Bonchev–Trinajstić information content (AvgIpc) is 2.42. The number of benzene rings is 1. The summed E-state index contributed by atoms with van der Waals surface area (Å²) in [5.41, 5.74) is 1.40. The molecule has 0 atom stereocenters. The van der Waals surface area contributed by atoms with E-state index in [1.807, 2.05) is 6.07 Å². The molecular formula is C7H6N2O3S2. The number of imidazole rings is 1. The minimum Gasteiger partial charge on any atom is -0.332 e. The van der Waals surface area contributed by atoms with E-state index in [0.29, 0.717) is 5.52 Å². The van der Waals surface area contributed by atoms with E-state index >= 15 is 0 Å². The molecule has 0 spiro atoms. The molecule has 74 valence electrons. The Hall–Kier alpha value is -1.05. The lowest BCUT2D eigenvalue weighted by atomic mass is 10.3. The van der Waals surface area contributed by atoms with E-state index in [-0.39, 0.29) is 16.0 Å². The molecule has 0 saturated carbocycles. The summed E-state index contributed by atoms with van der Waals surface area (Å²) < 4.78 is 29.6. The molecule has 0 aliphatic carbocycles. The summed E-state index contributed by atoms with van der Waals surface area (Å²) in [5, 5.41) is 0.161. The number of rotatable bonds is 2. The second kappa shape index (κ2) is 3.26. The van der Waals surface area contributed by atoms with Gasteiger partial charge in [-0.1, -0.05) is 12.1 Å². The van der Waals surface area contributed by atoms with Crippen molar-refractivity contribution in [2.24, 2.45) is 0 Å². The molecule has 0 aliphatic heterocycles. The van der Waals surface area contributed by atoms with Gasteiger partial charge in [-0.25, -0.2) is 4.98 Å². The summed E-state index contributed by atoms with van der Waals surface area (Å²) in [6.07, 6.45) is 0. The van der Waals surface area contributed by atoms with E-state index in [4.69, 9.17) is 4.55 Å². The van der Waals surface area contributed by atoms with E-state index < -0.39 is 9.15 Å². The van der Waals surface area contributed by atoms with Gasteiger partial charge in [-0.05, 0) is 12.1 Å². The Morgan fingerprint density at radius 3 is 2.71 bits per heavy atom. The van der Waals surface area contributed by atoms with Crippen LogP contribution in [0.5, 0.6) is 0 Å². The Balaban J connectivity index is 2.46. The van der Waals surface area contributed by atoms with E-state index in [1.165, 1.54) is 0 Å². The number of aromatic amines is 1. The van der Waals surface area contributed by atoms with Crippen molar-refractivity contribution in [2.45, 2.75) is 5.16 Å². The van der Waals surface area contributed by atoms with Crippen LogP contribution in [-0.2, 0) is 9.15 Å². The summed E-state index contributed by atoms with van der Waals surface area (Å²) in [6, 6.07) is 7.13. The zero-order chi connectivity index (χ0) is 10.2. The second-order valence-corrected chi connectivity index (χ2v) is 5.74. The Kier molecular flexibility index (Phi) is 2.22. The number of fused-ring (bicyclic) bond motifs is 1. The summed E-state index contributed by atoms with van der Waals surface area (Å²) >= 11 is 0. The quantitative estimate of drug-likeness (QED) is 0.602. The SMILES string of the molecule is O=S(=O)(O)Sc1nc2ccccc2[nH]1. The minimum absolute atomic E-state index is 0.161. The van der Waals surface area contributed by atoms with E-state index in [9.17, 15) is 8.42 Å². The third-order valence-electron chi connectivity index (χ3n) is 1.55. The summed E-state index contributed by atoms with van der Waals surface area (Å²) in [6.45, 7) is 0. The van der Waals surface area contributed by atoms with E-state index in [0.717, 1.165) is 5.52 Å². The molecule has 0 unspecified atom stereocenters. The molecule has 2 N–H and O–H groups in total. The fourth-order valence-electron chi connectivity index (χ4n) is 1.07. The lowest BCUT2D eigenvalue weighted by Crippen LogP contribution is -1.89. The Labute approximate surface area is 83.7 Å². The zero-order valence-corrected chi connectivity index (χ0v) is 8.47. The zero-order valence-electron chi connectivity index (χ0n) is 6.84. The fourth-order valence-corrected chi connectivity index (χ4v) is 2.39. The highest BCUT2D eigenvalue weighted by atomic mass is 33.1. The maximum Gasteiger partial charge on any atom is 0.327 e. The smallest absolute Gasteiger partial charge is 0.327 e. The van der Waals surface area contributed by atoms with Crippen LogP contribution >= 0.6 is 10.8 Å². The molecule has 1 heterocycles. The van der Waals surface area contributed by atoms with Crippen LogP contribution in [0.1, 0.15) is 0 Å². The van der Waals surface area contributed by atoms with Crippen molar-refractivity contribution in [3.8, 4) is 0 Å². The highest BCUT2D eigenvalue weighted by Crippen LogP contribution is 2.22. The molecule has 0 bridgehead atoms. The van der Waals surface area contributed by atoms with Gasteiger partial charge in [0.25, 0.3) is 0 Å². The molecule has 2 aromatic rings. The summed E-state index contributed by atoms with van der Waals surface area (Å²) in [5.74, 6) is 0. The van der Waals surface area contributed by atoms with Crippen molar-refractivity contribution in [3.63, 3.8) is 0 Å². The fraction of sp³-hybridized carbons (Fsp3) is 0. The highest BCUT2D eigenvalue weighted by Gasteiger charge is 2.11. The van der Waals surface area contributed by atoms with Crippen molar-refractivity contribution in [1.82, 2.24) is 9.97 Å². The number of hydrogen-bond donors (Lipinski definition) is 2. The van der Waals surface area contributed by atoms with Gasteiger partial charge in [-0.2, -0.15) is 8.42 Å². The van der Waals surface area contributed by atoms with Crippen molar-refractivity contribution in [1.29, 1.82) is 0 Å². The normalized spacial score (nSPS) is 12.1. The Morgan fingerprint density at radius 2 is 2.07 bits per heavy atom. The first kappa shape index (κ1) is 9.50. The molecule has 2 rings (SSSR count). The minimum atomic E-state index is -4.10. The second-order valence-electron chi connectivity index (χ2n) is 2.57. The molecule has 0 fully saturated rings. The number of aromatic nitrogens is 2. The molecule has 0 amide bonds. The number of para-hydroxylation sites is 2. The van der Waals surface area contributed by atoms with Crippen LogP contribution in [0.2, 0.25) is 0 Å². The first-order chi connectivity index (χ1) is 6.54. The molecule has 1 aromatic heterocycles. The van der Waals surface area contributed by atoms with Crippen molar-refractivity contribution in [2.75, 3.05) is 0 Å². The van der Waals surface area contributed by atoms with Crippen LogP contribution < -0.4 is 0 Å². The van der Waals surface area contributed by atoms with Crippen molar-refractivity contribution >= 4 is 31.0 Å². The van der Waals surface area contributed by atoms with E-state index in [2.05, 4.69) is 9.97 Å². The van der Waals surface area contributed by atoms with Gasteiger partial charge in [0, 0.05) is 0 Å². The van der Waals surface area contributed by atoms with Crippen LogP contribution in [0.25, 0.3) is 11.0 Å². The third-order valence-corrected chi connectivity index (χ3v) is 3.22. The van der Waals surface area contributed by atoms with Gasteiger partial charge in [0.2, 0.25) is 0 Å². The number of nitrogens with one attached hydrogen (secondary N) is 1. The molecule has 7 heteroatoms. The van der Waals surface area contributed by atoms with Crippen LogP contribution in [0.15, 0.2) is 29.4 Å². The predicted molar refractivity (Wildman–Crippen MR) is 53.5 cm³/mol. The maximum atomic E-state index is 10.5. The van der Waals surface area contributed by atoms with Gasteiger partial charge in [0.15, 0.2) is 5.16 Å². The van der Waals surface area contributed by atoms with Gasteiger partial charge in [-0.15, -0.1) is 0 Å². The third kappa shape index (κ3) is 2.06. The van der Waals surface area contributed by atoms with Crippen LogP contribution in [0.3, 0.4) is 0 Å². The average molecular weight is 230 g/mol. The molecule has 5 nitrogen and oxygen atoms in total. The first-order valence-electron chi connectivity index (χ1n) is 3.66. The van der Waals surface area contributed by atoms with Gasteiger partial charge in [0.05, 0.1) is 21.8 Å². The highest BCUT2D eigenvalue weighted by molar-refractivity contribution is 8.69. The van der Waals surface area contributed by atoms with Gasteiger partial charge < -0.3 is 4.98 Å². The molecular weight excluding hydrogens is 224 g/mol. The summed E-state index contributed by atoms with van der Waals surface area (Å²) in [7, 11) is -3.81. The molecule has 1 aromatic carbocycles.